The number of sulfone groups is 1. The number of carbonyl (C=O) groups excluding carboxylic acids is 1. The summed E-state index contributed by atoms with van der Waals surface area (Å²) >= 11 is 0. The van der Waals surface area contributed by atoms with Crippen LogP contribution in [0.15, 0.2) is 10.5 Å². The van der Waals surface area contributed by atoms with Crippen LogP contribution in [0, 0.1) is 6.92 Å². The summed E-state index contributed by atoms with van der Waals surface area (Å²) in [5.41, 5.74) is 0.426. The Morgan fingerprint density at radius 1 is 1.45 bits per heavy atom. The van der Waals surface area contributed by atoms with Gasteiger partial charge in [-0.2, -0.15) is 0 Å². The van der Waals surface area contributed by atoms with E-state index < -0.39 is 15.8 Å². The monoisotopic (exact) mass is 301 g/mol. The van der Waals surface area contributed by atoms with Crippen LogP contribution in [0.2, 0.25) is 0 Å². The molecule has 1 aliphatic heterocycles. The molecule has 0 aromatic carbocycles. The Morgan fingerprint density at radius 2 is 2.10 bits per heavy atom. The molecule has 0 spiro atoms. The molecular weight excluding hydrogens is 282 g/mol. The Balaban J connectivity index is 1.90. The number of rotatable bonds is 4. The van der Waals surface area contributed by atoms with E-state index in [0.29, 0.717) is 36.5 Å². The van der Waals surface area contributed by atoms with Crippen LogP contribution in [-0.2, 0) is 21.1 Å². The summed E-state index contributed by atoms with van der Waals surface area (Å²) in [4.78, 5) is 11.5. The van der Waals surface area contributed by atoms with E-state index in [0.717, 1.165) is 0 Å². The van der Waals surface area contributed by atoms with Gasteiger partial charge in [-0.1, -0.05) is 0 Å². The van der Waals surface area contributed by atoms with Crippen molar-refractivity contribution in [1.82, 2.24) is 5.32 Å². The lowest BCUT2D eigenvalue weighted by Crippen LogP contribution is -2.37. The van der Waals surface area contributed by atoms with Gasteiger partial charge in [-0.3, -0.25) is 0 Å². The average molecular weight is 301 g/mol. The lowest BCUT2D eigenvalue weighted by molar-refractivity contribution is 0.0599. The number of ether oxygens (including phenoxy) is 1. The van der Waals surface area contributed by atoms with Crippen molar-refractivity contribution in [2.24, 2.45) is 0 Å². The molecule has 1 aromatic heterocycles. The molecule has 1 aliphatic rings. The molecule has 6 nitrogen and oxygen atoms in total. The summed E-state index contributed by atoms with van der Waals surface area (Å²) < 4.78 is 32.8. The summed E-state index contributed by atoms with van der Waals surface area (Å²) in [5.74, 6) is 1.22. The quantitative estimate of drug-likeness (QED) is 0.836. The Kier molecular flexibility index (Phi) is 4.49. The van der Waals surface area contributed by atoms with Gasteiger partial charge in [0, 0.05) is 6.04 Å². The van der Waals surface area contributed by atoms with Gasteiger partial charge in [0.25, 0.3) is 0 Å². The summed E-state index contributed by atoms with van der Waals surface area (Å²) in [6, 6.07) is 1.83. The maximum Gasteiger partial charge on any atom is 0.341 e. The number of esters is 1. The fourth-order valence-corrected chi connectivity index (χ4v) is 3.77. The first-order chi connectivity index (χ1) is 9.41. The molecule has 2 rings (SSSR count). The summed E-state index contributed by atoms with van der Waals surface area (Å²) in [5, 5.41) is 3.26. The minimum atomic E-state index is -2.84. The van der Waals surface area contributed by atoms with Gasteiger partial charge in [0.2, 0.25) is 0 Å². The van der Waals surface area contributed by atoms with Crippen molar-refractivity contribution in [3.05, 3.63) is 23.2 Å². The molecule has 0 atom stereocenters. The minimum absolute atomic E-state index is 0.172. The molecule has 0 bridgehead atoms. The highest BCUT2D eigenvalue weighted by Crippen LogP contribution is 2.17. The third-order valence-electron chi connectivity index (χ3n) is 3.49. The van der Waals surface area contributed by atoms with E-state index in [4.69, 9.17) is 4.42 Å². The van der Waals surface area contributed by atoms with Gasteiger partial charge in [0.1, 0.15) is 26.9 Å². The van der Waals surface area contributed by atoms with Crippen LogP contribution in [0.1, 0.15) is 34.7 Å². The zero-order valence-electron chi connectivity index (χ0n) is 11.6. The number of carbonyl (C=O) groups is 1. The smallest absolute Gasteiger partial charge is 0.341 e. The first-order valence-corrected chi connectivity index (χ1v) is 8.35. The Hall–Kier alpha value is -1.34. The number of aryl methyl sites for hydroxylation is 1. The van der Waals surface area contributed by atoms with Gasteiger partial charge in [-0.05, 0) is 25.8 Å². The zero-order valence-corrected chi connectivity index (χ0v) is 12.5. The fraction of sp³-hybridized carbons (Fsp3) is 0.615. The highest BCUT2D eigenvalue weighted by Gasteiger charge is 2.23. The molecule has 0 unspecified atom stereocenters. The first-order valence-electron chi connectivity index (χ1n) is 6.53. The molecule has 1 saturated heterocycles. The van der Waals surface area contributed by atoms with Crippen LogP contribution in [0.4, 0.5) is 0 Å². The Bertz CT molecular complexity index is 576. The summed E-state index contributed by atoms with van der Waals surface area (Å²) in [6.45, 7) is 2.19. The Labute approximate surface area is 118 Å². The van der Waals surface area contributed by atoms with Gasteiger partial charge in [-0.25, -0.2) is 13.2 Å². The van der Waals surface area contributed by atoms with Gasteiger partial charge in [-0.15, -0.1) is 0 Å². The highest BCUT2D eigenvalue weighted by atomic mass is 32.2. The van der Waals surface area contributed by atoms with Crippen molar-refractivity contribution in [3.8, 4) is 0 Å². The van der Waals surface area contributed by atoms with Crippen molar-refractivity contribution >= 4 is 15.8 Å². The van der Waals surface area contributed by atoms with Gasteiger partial charge in [0.05, 0.1) is 25.2 Å². The number of furan rings is 1. The SMILES string of the molecule is COC(=O)c1cc(CNC2CCS(=O)(=O)CC2)oc1C. The zero-order chi connectivity index (χ0) is 14.8. The van der Waals surface area contributed by atoms with Crippen LogP contribution in [-0.4, -0.2) is 39.0 Å². The topological polar surface area (TPSA) is 85.6 Å². The molecule has 20 heavy (non-hydrogen) atoms. The summed E-state index contributed by atoms with van der Waals surface area (Å²) in [6.07, 6.45) is 1.23. The van der Waals surface area contributed by atoms with E-state index >= 15 is 0 Å². The molecular formula is C13H19NO5S. The van der Waals surface area contributed by atoms with Crippen molar-refractivity contribution < 1.29 is 22.4 Å². The molecule has 1 N–H and O–H groups in total. The van der Waals surface area contributed by atoms with Crippen LogP contribution in [0.5, 0.6) is 0 Å². The second-order valence-electron chi connectivity index (χ2n) is 4.98. The van der Waals surface area contributed by atoms with E-state index in [1.165, 1.54) is 7.11 Å². The van der Waals surface area contributed by atoms with Crippen LogP contribution in [0.25, 0.3) is 0 Å². The molecule has 0 radical (unpaired) electrons. The third-order valence-corrected chi connectivity index (χ3v) is 5.21. The molecule has 0 aliphatic carbocycles. The molecule has 7 heteroatoms. The van der Waals surface area contributed by atoms with Crippen LogP contribution in [0.3, 0.4) is 0 Å². The van der Waals surface area contributed by atoms with E-state index in [9.17, 15) is 13.2 Å². The van der Waals surface area contributed by atoms with Gasteiger partial charge in [0.15, 0.2) is 0 Å². The molecule has 112 valence electrons. The first kappa shape index (κ1) is 15.1. The maximum absolute atomic E-state index is 11.5. The molecule has 0 amide bonds. The third kappa shape index (κ3) is 3.61. The predicted octanol–water partition coefficient (Wildman–Crippen LogP) is 1.04. The lowest BCUT2D eigenvalue weighted by Gasteiger charge is -2.22. The minimum Gasteiger partial charge on any atom is -0.465 e. The number of nitrogens with one attached hydrogen (secondary N) is 1. The van der Waals surface area contributed by atoms with Gasteiger partial charge >= 0.3 is 5.97 Å². The van der Waals surface area contributed by atoms with Crippen LogP contribution >= 0.6 is 0 Å². The number of methoxy groups -OCH3 is 1. The largest absolute Gasteiger partial charge is 0.465 e. The van der Waals surface area contributed by atoms with E-state index in [1.807, 2.05) is 0 Å². The predicted molar refractivity (Wildman–Crippen MR) is 73.3 cm³/mol. The molecule has 1 fully saturated rings. The highest BCUT2D eigenvalue weighted by molar-refractivity contribution is 7.91. The van der Waals surface area contributed by atoms with Crippen molar-refractivity contribution in [1.29, 1.82) is 0 Å². The number of hydrogen-bond acceptors (Lipinski definition) is 6. The van der Waals surface area contributed by atoms with E-state index in [2.05, 4.69) is 10.1 Å². The lowest BCUT2D eigenvalue weighted by atomic mass is 10.1. The standard InChI is InChI=1S/C13H19NO5S/c1-9-12(13(15)18-2)7-11(19-9)8-14-10-3-5-20(16,17)6-4-10/h7,10,14H,3-6,8H2,1-2H3. The second kappa shape index (κ2) is 5.97. The molecule has 1 aromatic rings. The normalized spacial score (nSPS) is 18.9. The molecule has 2 heterocycles. The fourth-order valence-electron chi connectivity index (χ4n) is 2.28. The van der Waals surface area contributed by atoms with Crippen molar-refractivity contribution in [2.75, 3.05) is 18.6 Å². The second-order valence-corrected chi connectivity index (χ2v) is 7.28. The van der Waals surface area contributed by atoms with E-state index in [1.54, 1.807) is 13.0 Å². The van der Waals surface area contributed by atoms with Gasteiger partial charge < -0.3 is 14.5 Å². The van der Waals surface area contributed by atoms with Crippen LogP contribution < -0.4 is 5.32 Å². The van der Waals surface area contributed by atoms with Crippen molar-refractivity contribution in [2.45, 2.75) is 32.4 Å². The summed E-state index contributed by atoms with van der Waals surface area (Å²) in [7, 11) is -1.51. The molecule has 0 saturated carbocycles. The van der Waals surface area contributed by atoms with Crippen molar-refractivity contribution in [3.63, 3.8) is 0 Å². The number of hydrogen-bond donors (Lipinski definition) is 1. The maximum atomic E-state index is 11.5. The average Bonchev–Trinajstić information content (AvgIpc) is 2.78. The van der Waals surface area contributed by atoms with E-state index in [-0.39, 0.29) is 17.5 Å². The Morgan fingerprint density at radius 3 is 2.70 bits per heavy atom.